The highest BCUT2D eigenvalue weighted by atomic mass is 16.2. The van der Waals surface area contributed by atoms with Crippen LogP contribution in [0.25, 0.3) is 0 Å². The smallest absolute Gasteiger partial charge is 0.227 e. The minimum atomic E-state index is 0.253. The lowest BCUT2D eigenvalue weighted by Crippen LogP contribution is -2.54. The highest BCUT2D eigenvalue weighted by molar-refractivity contribution is 5.80. The summed E-state index contributed by atoms with van der Waals surface area (Å²) in [4.78, 5) is 14.8. The van der Waals surface area contributed by atoms with E-state index < -0.39 is 0 Å². The summed E-state index contributed by atoms with van der Waals surface area (Å²) in [6.07, 6.45) is 16.9. The van der Waals surface area contributed by atoms with Crippen LogP contribution in [0.5, 0.6) is 0 Å². The molecule has 0 bridgehead atoms. The van der Waals surface area contributed by atoms with Gasteiger partial charge in [-0.15, -0.1) is 0 Å². The molecule has 2 saturated carbocycles. The number of likely N-dealkylation sites (tertiary alicyclic amines) is 1. The van der Waals surface area contributed by atoms with Crippen molar-refractivity contribution in [3.05, 3.63) is 23.9 Å². The molecular weight excluding hydrogens is 282 g/mol. The molecule has 5 rings (SSSR count). The largest absolute Gasteiger partial charge is 0.313 e. The van der Waals surface area contributed by atoms with Gasteiger partial charge in [-0.05, 0) is 68.1 Å². The molecule has 124 valence electrons. The molecule has 2 heteroatoms. The summed E-state index contributed by atoms with van der Waals surface area (Å²) >= 11 is 0. The van der Waals surface area contributed by atoms with Gasteiger partial charge < -0.3 is 4.90 Å². The van der Waals surface area contributed by atoms with Gasteiger partial charge in [0, 0.05) is 23.6 Å². The lowest BCUT2D eigenvalue weighted by Gasteiger charge is -2.58. The minimum Gasteiger partial charge on any atom is -0.313 e. The Hall–Kier alpha value is -1.05. The van der Waals surface area contributed by atoms with Crippen molar-refractivity contribution in [2.45, 2.75) is 71.3 Å². The van der Waals surface area contributed by atoms with Crippen LogP contribution in [0.1, 0.15) is 65.2 Å². The van der Waals surface area contributed by atoms with Gasteiger partial charge in [-0.1, -0.05) is 32.1 Å². The highest BCUT2D eigenvalue weighted by Crippen LogP contribution is 2.63. The molecule has 0 radical (unpaired) electrons. The predicted molar refractivity (Wildman–Crippen MR) is 91.5 cm³/mol. The first-order valence-electron chi connectivity index (χ1n) is 9.73. The molecule has 5 atom stereocenters. The Labute approximate surface area is 140 Å². The molecule has 0 N–H and O–H groups in total. The van der Waals surface area contributed by atoms with E-state index in [9.17, 15) is 4.79 Å². The number of rotatable bonds is 1. The Balaban J connectivity index is 1.53. The molecular formula is C21H29NO. The van der Waals surface area contributed by atoms with Crippen LogP contribution in [-0.4, -0.2) is 16.8 Å². The Bertz CT molecular complexity index is 615. The minimum absolute atomic E-state index is 0.253. The molecule has 0 aromatic carbocycles. The number of fused-ring (bicyclic) bond motifs is 5. The van der Waals surface area contributed by atoms with Crippen LogP contribution in [0.2, 0.25) is 0 Å². The number of nitrogens with zero attached hydrogens (tertiary/aromatic N) is 1. The van der Waals surface area contributed by atoms with E-state index in [4.69, 9.17) is 0 Å². The molecule has 1 amide bonds. The van der Waals surface area contributed by atoms with Crippen LogP contribution in [0.3, 0.4) is 0 Å². The third-order valence-corrected chi connectivity index (χ3v) is 8.05. The molecule has 0 aromatic heterocycles. The maximum atomic E-state index is 12.5. The first-order valence-corrected chi connectivity index (χ1v) is 9.73. The molecule has 1 aliphatic heterocycles. The third-order valence-electron chi connectivity index (χ3n) is 8.05. The number of piperidine rings is 1. The Morgan fingerprint density at radius 1 is 1.09 bits per heavy atom. The van der Waals surface area contributed by atoms with Crippen molar-refractivity contribution in [1.82, 2.24) is 4.90 Å². The molecule has 1 heterocycles. The fourth-order valence-corrected chi connectivity index (χ4v) is 6.60. The maximum absolute atomic E-state index is 12.5. The third kappa shape index (κ3) is 1.84. The quantitative estimate of drug-likeness (QED) is 0.644. The number of carbonyl (C=O) groups is 1. The first-order chi connectivity index (χ1) is 11.0. The van der Waals surface area contributed by atoms with E-state index in [0.717, 1.165) is 30.6 Å². The van der Waals surface area contributed by atoms with Crippen molar-refractivity contribution in [3.8, 4) is 0 Å². The Morgan fingerprint density at radius 2 is 1.91 bits per heavy atom. The summed E-state index contributed by atoms with van der Waals surface area (Å²) in [6.45, 7) is 4.97. The van der Waals surface area contributed by atoms with Crippen molar-refractivity contribution < 1.29 is 4.79 Å². The monoisotopic (exact) mass is 311 g/mol. The van der Waals surface area contributed by atoms with E-state index in [1.54, 1.807) is 0 Å². The van der Waals surface area contributed by atoms with Crippen molar-refractivity contribution in [1.29, 1.82) is 0 Å². The molecule has 2 nitrogen and oxygen atoms in total. The number of allylic oxidation sites excluding steroid dienone is 4. The van der Waals surface area contributed by atoms with Gasteiger partial charge in [-0.2, -0.15) is 0 Å². The molecule has 5 aliphatic rings. The molecule has 1 saturated heterocycles. The molecule has 0 spiro atoms. The van der Waals surface area contributed by atoms with Crippen molar-refractivity contribution in [3.63, 3.8) is 0 Å². The molecule has 23 heavy (non-hydrogen) atoms. The fourth-order valence-electron chi connectivity index (χ4n) is 6.60. The van der Waals surface area contributed by atoms with E-state index in [2.05, 4.69) is 37.0 Å². The van der Waals surface area contributed by atoms with Crippen LogP contribution >= 0.6 is 0 Å². The van der Waals surface area contributed by atoms with Crippen molar-refractivity contribution in [2.75, 3.05) is 0 Å². The zero-order chi connectivity index (χ0) is 15.8. The lowest BCUT2D eigenvalue weighted by atomic mass is 9.50. The summed E-state index contributed by atoms with van der Waals surface area (Å²) < 4.78 is 0. The number of hydrogen-bond donors (Lipinski definition) is 0. The fraction of sp³-hybridized carbons (Fsp3) is 0.762. The van der Waals surface area contributed by atoms with E-state index in [1.807, 2.05) is 0 Å². The average Bonchev–Trinajstić information content (AvgIpc) is 3.27. The maximum Gasteiger partial charge on any atom is 0.227 e. The van der Waals surface area contributed by atoms with Crippen molar-refractivity contribution >= 4 is 5.91 Å². The standard InChI is InChI=1S/C21H29NO/c1-20-11-3-4-16(20)15-7-8-18-21(2,17(15)9-12-20)13-10-19(23)22(18)14-5-6-14/h3,8,11,14-17H,4-7,9-10,12-13H2,1-2H3. The summed E-state index contributed by atoms with van der Waals surface area (Å²) in [7, 11) is 0. The second kappa shape index (κ2) is 4.52. The highest BCUT2D eigenvalue weighted by Gasteiger charge is 2.57. The molecule has 5 unspecified atom stereocenters. The van der Waals surface area contributed by atoms with Crippen molar-refractivity contribution in [2.24, 2.45) is 28.6 Å². The summed E-state index contributed by atoms with van der Waals surface area (Å²) in [6, 6.07) is 0.534. The Morgan fingerprint density at radius 3 is 2.70 bits per heavy atom. The molecule has 3 fully saturated rings. The second-order valence-electron chi connectivity index (χ2n) is 9.30. The summed E-state index contributed by atoms with van der Waals surface area (Å²) in [5, 5.41) is 0. The number of amides is 1. The number of carbonyl (C=O) groups excluding carboxylic acids is 1. The number of hydrogen-bond acceptors (Lipinski definition) is 1. The topological polar surface area (TPSA) is 20.3 Å². The van der Waals surface area contributed by atoms with Gasteiger partial charge in [0.05, 0.1) is 0 Å². The van der Waals surface area contributed by atoms with Gasteiger partial charge in [-0.3, -0.25) is 4.79 Å². The SMILES string of the molecule is CC12C=CCC1C1CC=C3N(C4CC4)C(=O)CCC3(C)C1CC2. The van der Waals surface area contributed by atoms with Gasteiger partial charge in [0.2, 0.25) is 5.91 Å². The zero-order valence-corrected chi connectivity index (χ0v) is 14.6. The molecule has 0 aromatic rings. The van der Waals surface area contributed by atoms with Crippen LogP contribution in [0, 0.1) is 28.6 Å². The van der Waals surface area contributed by atoms with Gasteiger partial charge in [0.15, 0.2) is 0 Å². The first kappa shape index (κ1) is 14.3. The van der Waals surface area contributed by atoms with Gasteiger partial charge in [0.25, 0.3) is 0 Å². The van der Waals surface area contributed by atoms with Crippen LogP contribution in [0.15, 0.2) is 23.9 Å². The van der Waals surface area contributed by atoms with E-state index in [0.29, 0.717) is 17.4 Å². The van der Waals surface area contributed by atoms with Gasteiger partial charge in [0.1, 0.15) is 0 Å². The second-order valence-corrected chi connectivity index (χ2v) is 9.30. The molecule has 4 aliphatic carbocycles. The van der Waals surface area contributed by atoms with Gasteiger partial charge >= 0.3 is 0 Å². The summed E-state index contributed by atoms with van der Waals surface area (Å²) in [5.74, 6) is 2.85. The zero-order valence-electron chi connectivity index (χ0n) is 14.6. The van der Waals surface area contributed by atoms with Crippen LogP contribution in [-0.2, 0) is 4.79 Å². The van der Waals surface area contributed by atoms with Gasteiger partial charge in [-0.25, -0.2) is 0 Å². The summed E-state index contributed by atoms with van der Waals surface area (Å²) in [5.41, 5.74) is 2.12. The lowest BCUT2D eigenvalue weighted by molar-refractivity contribution is -0.137. The van der Waals surface area contributed by atoms with Crippen LogP contribution in [0.4, 0.5) is 0 Å². The van der Waals surface area contributed by atoms with Crippen LogP contribution < -0.4 is 0 Å². The Kier molecular flexibility index (Phi) is 2.81. The van der Waals surface area contributed by atoms with E-state index in [1.165, 1.54) is 44.2 Å². The van der Waals surface area contributed by atoms with E-state index in [-0.39, 0.29) is 5.41 Å². The normalized spacial score (nSPS) is 48.6. The van der Waals surface area contributed by atoms with E-state index >= 15 is 0 Å². The predicted octanol–water partition coefficient (Wildman–Crippen LogP) is 4.67. The average molecular weight is 311 g/mol.